The molecule has 4 nitrogen and oxygen atoms in total. The van der Waals surface area contributed by atoms with Gasteiger partial charge in [-0.05, 0) is 37.7 Å². The fourth-order valence-corrected chi connectivity index (χ4v) is 4.96. The first kappa shape index (κ1) is 16.6. The number of sulfonamides is 1. The molecule has 0 spiro atoms. The maximum Gasteiger partial charge on any atom is 0.264 e. The highest BCUT2D eigenvalue weighted by molar-refractivity contribution is 7.93. The third-order valence-corrected chi connectivity index (χ3v) is 6.12. The Morgan fingerprint density at radius 1 is 1.24 bits per heavy atom. The van der Waals surface area contributed by atoms with Gasteiger partial charge in [-0.2, -0.15) is 0 Å². The number of halogens is 2. The third kappa shape index (κ3) is 3.90. The van der Waals surface area contributed by atoms with Crippen molar-refractivity contribution in [3.8, 4) is 0 Å². The SMILES string of the molecule is CNC(C)c1cccc(NS(=O)(=O)c2cc(Cl)sc2Cl)c1. The lowest BCUT2D eigenvalue weighted by molar-refractivity contribution is 0.601. The van der Waals surface area contributed by atoms with Crippen LogP contribution in [0.15, 0.2) is 35.2 Å². The van der Waals surface area contributed by atoms with Crippen molar-refractivity contribution in [1.82, 2.24) is 5.32 Å². The molecule has 21 heavy (non-hydrogen) atoms. The van der Waals surface area contributed by atoms with Crippen molar-refractivity contribution in [2.24, 2.45) is 0 Å². The summed E-state index contributed by atoms with van der Waals surface area (Å²) in [7, 11) is -1.91. The number of nitrogens with one attached hydrogen (secondary N) is 2. The Labute approximate surface area is 138 Å². The zero-order valence-electron chi connectivity index (χ0n) is 11.4. The molecule has 0 aliphatic heterocycles. The van der Waals surface area contributed by atoms with Gasteiger partial charge >= 0.3 is 0 Å². The Morgan fingerprint density at radius 3 is 2.52 bits per heavy atom. The molecule has 2 rings (SSSR count). The largest absolute Gasteiger partial charge is 0.313 e. The summed E-state index contributed by atoms with van der Waals surface area (Å²) in [6.07, 6.45) is 0. The molecule has 0 aliphatic rings. The highest BCUT2D eigenvalue weighted by Crippen LogP contribution is 2.35. The first-order valence-electron chi connectivity index (χ1n) is 6.08. The van der Waals surface area contributed by atoms with Crippen molar-refractivity contribution in [1.29, 1.82) is 0 Å². The smallest absolute Gasteiger partial charge is 0.264 e. The number of anilines is 1. The number of hydrogen-bond donors (Lipinski definition) is 2. The van der Waals surface area contributed by atoms with Crippen molar-refractivity contribution in [2.75, 3.05) is 11.8 Å². The predicted octanol–water partition coefficient (Wildman–Crippen LogP) is 4.14. The normalized spacial score (nSPS) is 13.1. The molecular formula is C13H14Cl2N2O2S2. The minimum Gasteiger partial charge on any atom is -0.313 e. The van der Waals surface area contributed by atoms with E-state index < -0.39 is 10.0 Å². The van der Waals surface area contributed by atoms with Crippen LogP contribution < -0.4 is 10.0 Å². The Kier molecular flexibility index (Phi) is 5.16. The molecule has 1 heterocycles. The third-order valence-electron chi connectivity index (χ3n) is 2.99. The second kappa shape index (κ2) is 6.54. The summed E-state index contributed by atoms with van der Waals surface area (Å²) in [6, 6.07) is 8.65. The Hall–Kier alpha value is -0.790. The molecule has 0 saturated carbocycles. The second-order valence-electron chi connectivity index (χ2n) is 4.43. The topological polar surface area (TPSA) is 58.2 Å². The van der Waals surface area contributed by atoms with E-state index in [1.54, 1.807) is 18.2 Å². The number of hydrogen-bond acceptors (Lipinski definition) is 4. The van der Waals surface area contributed by atoms with Gasteiger partial charge in [-0.25, -0.2) is 8.42 Å². The van der Waals surface area contributed by atoms with Crippen molar-refractivity contribution in [3.05, 3.63) is 44.6 Å². The maximum atomic E-state index is 12.3. The summed E-state index contributed by atoms with van der Waals surface area (Å²) in [6.45, 7) is 1.99. The predicted molar refractivity (Wildman–Crippen MR) is 89.1 cm³/mol. The summed E-state index contributed by atoms with van der Waals surface area (Å²) in [5.74, 6) is 0. The van der Waals surface area contributed by atoms with E-state index in [-0.39, 0.29) is 15.3 Å². The molecule has 0 radical (unpaired) electrons. The molecule has 1 atom stereocenters. The Balaban J connectivity index is 2.31. The van der Waals surface area contributed by atoms with E-state index in [1.807, 2.05) is 20.0 Å². The average Bonchev–Trinajstić information content (AvgIpc) is 2.77. The molecule has 2 N–H and O–H groups in total. The molecule has 0 amide bonds. The van der Waals surface area contributed by atoms with E-state index in [1.165, 1.54) is 6.07 Å². The van der Waals surface area contributed by atoms with Crippen LogP contribution in [0.25, 0.3) is 0 Å². The Morgan fingerprint density at radius 2 is 1.95 bits per heavy atom. The minimum absolute atomic E-state index is 0.00812. The number of benzene rings is 1. The van der Waals surface area contributed by atoms with Crippen molar-refractivity contribution < 1.29 is 8.42 Å². The van der Waals surface area contributed by atoms with Gasteiger partial charge in [-0.1, -0.05) is 35.3 Å². The molecule has 0 aliphatic carbocycles. The number of thiophene rings is 1. The minimum atomic E-state index is -3.75. The first-order valence-corrected chi connectivity index (χ1v) is 9.14. The van der Waals surface area contributed by atoms with Crippen LogP contribution in [0.3, 0.4) is 0 Å². The van der Waals surface area contributed by atoms with Crippen LogP contribution in [-0.4, -0.2) is 15.5 Å². The lowest BCUT2D eigenvalue weighted by Gasteiger charge is -2.13. The van der Waals surface area contributed by atoms with Crippen LogP contribution >= 0.6 is 34.5 Å². The van der Waals surface area contributed by atoms with Gasteiger partial charge in [0, 0.05) is 11.7 Å². The first-order chi connectivity index (χ1) is 9.83. The molecule has 1 aromatic heterocycles. The molecule has 0 bridgehead atoms. The van der Waals surface area contributed by atoms with Gasteiger partial charge in [-0.15, -0.1) is 11.3 Å². The maximum absolute atomic E-state index is 12.3. The summed E-state index contributed by atoms with van der Waals surface area (Å²) in [5.41, 5.74) is 1.46. The molecule has 2 aromatic rings. The van der Waals surface area contributed by atoms with Gasteiger partial charge in [0.15, 0.2) is 0 Å². The fraction of sp³-hybridized carbons (Fsp3) is 0.231. The molecule has 0 fully saturated rings. The van der Waals surface area contributed by atoms with Crippen LogP contribution in [0.4, 0.5) is 5.69 Å². The van der Waals surface area contributed by atoms with Crippen molar-refractivity contribution >= 4 is 50.2 Å². The van der Waals surface area contributed by atoms with Crippen molar-refractivity contribution in [3.63, 3.8) is 0 Å². The van der Waals surface area contributed by atoms with E-state index in [0.29, 0.717) is 10.0 Å². The van der Waals surface area contributed by atoms with Gasteiger partial charge in [0.05, 0.1) is 4.34 Å². The van der Waals surface area contributed by atoms with E-state index in [2.05, 4.69) is 10.0 Å². The van der Waals surface area contributed by atoms with Gasteiger partial charge in [0.25, 0.3) is 10.0 Å². The van der Waals surface area contributed by atoms with E-state index >= 15 is 0 Å². The quantitative estimate of drug-likeness (QED) is 0.837. The summed E-state index contributed by atoms with van der Waals surface area (Å²) in [4.78, 5) is -0.00812. The number of rotatable bonds is 5. The van der Waals surface area contributed by atoms with Crippen molar-refractivity contribution in [2.45, 2.75) is 17.9 Å². The second-order valence-corrected chi connectivity index (χ2v) is 8.37. The molecule has 1 aromatic carbocycles. The van der Waals surface area contributed by atoms with Gasteiger partial charge in [-0.3, -0.25) is 4.72 Å². The van der Waals surface area contributed by atoms with Gasteiger partial charge < -0.3 is 5.32 Å². The van der Waals surface area contributed by atoms with E-state index in [0.717, 1.165) is 16.9 Å². The molecule has 1 unspecified atom stereocenters. The van der Waals surface area contributed by atoms with Gasteiger partial charge in [0.2, 0.25) is 0 Å². The summed E-state index contributed by atoms with van der Waals surface area (Å²) >= 11 is 12.7. The van der Waals surface area contributed by atoms with E-state index in [9.17, 15) is 8.42 Å². The summed E-state index contributed by atoms with van der Waals surface area (Å²) < 4.78 is 27.6. The molecule has 0 saturated heterocycles. The van der Waals surface area contributed by atoms with Crippen LogP contribution in [-0.2, 0) is 10.0 Å². The lowest BCUT2D eigenvalue weighted by atomic mass is 10.1. The van der Waals surface area contributed by atoms with E-state index in [4.69, 9.17) is 23.2 Å². The van der Waals surface area contributed by atoms with Crippen LogP contribution in [0, 0.1) is 0 Å². The highest BCUT2D eigenvalue weighted by atomic mass is 35.5. The Bertz CT molecular complexity index is 744. The lowest BCUT2D eigenvalue weighted by Crippen LogP contribution is -2.15. The van der Waals surface area contributed by atoms with Crippen LogP contribution in [0.1, 0.15) is 18.5 Å². The summed E-state index contributed by atoms with van der Waals surface area (Å²) in [5, 5.41) is 3.10. The van der Waals surface area contributed by atoms with Crippen LogP contribution in [0.5, 0.6) is 0 Å². The average molecular weight is 365 g/mol. The zero-order valence-corrected chi connectivity index (χ0v) is 14.5. The monoisotopic (exact) mass is 364 g/mol. The highest BCUT2D eigenvalue weighted by Gasteiger charge is 2.21. The zero-order chi connectivity index (χ0) is 15.6. The van der Waals surface area contributed by atoms with Gasteiger partial charge in [0.1, 0.15) is 9.23 Å². The standard InChI is InChI=1S/C13H14Cl2N2O2S2/c1-8(16-2)9-4-3-5-10(6-9)17-21(18,19)11-7-12(14)20-13(11)15/h3-8,16-17H,1-2H3. The molecule has 8 heteroatoms. The fourth-order valence-electron chi connectivity index (χ4n) is 1.76. The molecule has 114 valence electrons. The van der Waals surface area contributed by atoms with Crippen LogP contribution in [0.2, 0.25) is 8.67 Å². The molecular weight excluding hydrogens is 351 g/mol.